The summed E-state index contributed by atoms with van der Waals surface area (Å²) in [6.07, 6.45) is 0.877. The van der Waals surface area contributed by atoms with E-state index in [1.807, 2.05) is 26.8 Å². The van der Waals surface area contributed by atoms with Crippen molar-refractivity contribution in [2.45, 2.75) is 33.2 Å². The van der Waals surface area contributed by atoms with Gasteiger partial charge in [0.15, 0.2) is 6.04 Å². The third-order valence-electron chi connectivity index (χ3n) is 5.32. The van der Waals surface area contributed by atoms with Gasteiger partial charge in [-0.1, -0.05) is 31.2 Å². The van der Waals surface area contributed by atoms with Gasteiger partial charge in [0, 0.05) is 17.2 Å². The Bertz CT molecular complexity index is 938. The van der Waals surface area contributed by atoms with Crippen molar-refractivity contribution in [2.75, 3.05) is 5.32 Å². The molecule has 0 aromatic heterocycles. The Balaban J connectivity index is 1.77. The standard InChI is InChI=1S/C22H24N2O4/c1-12-6-4-9-17(14(12)3)19(22(27)28)24-20(25)15-7-5-8-16(11-15)23-21(26)18-10-13(18)2/h4-9,11,13,18-19H,10H2,1-3H3,(H,23,26)(H,24,25)(H,27,28). The average molecular weight is 380 g/mol. The summed E-state index contributed by atoms with van der Waals surface area (Å²) in [4.78, 5) is 36.6. The van der Waals surface area contributed by atoms with Crippen LogP contribution >= 0.6 is 0 Å². The van der Waals surface area contributed by atoms with Crippen molar-refractivity contribution in [1.29, 1.82) is 0 Å². The second-order valence-electron chi connectivity index (χ2n) is 7.42. The lowest BCUT2D eigenvalue weighted by Crippen LogP contribution is -2.34. The van der Waals surface area contributed by atoms with E-state index in [0.717, 1.165) is 17.5 Å². The average Bonchev–Trinajstić information content (AvgIpc) is 3.39. The maximum absolute atomic E-state index is 12.7. The van der Waals surface area contributed by atoms with Crippen molar-refractivity contribution in [2.24, 2.45) is 11.8 Å². The zero-order valence-electron chi connectivity index (χ0n) is 16.2. The quantitative estimate of drug-likeness (QED) is 0.715. The van der Waals surface area contributed by atoms with Crippen molar-refractivity contribution in [3.05, 3.63) is 64.7 Å². The number of anilines is 1. The molecule has 1 aliphatic rings. The van der Waals surface area contributed by atoms with E-state index in [0.29, 0.717) is 22.7 Å². The van der Waals surface area contributed by atoms with Gasteiger partial charge in [0.05, 0.1) is 0 Å². The fraction of sp³-hybridized carbons (Fsp3) is 0.318. The first-order valence-corrected chi connectivity index (χ1v) is 9.28. The van der Waals surface area contributed by atoms with Gasteiger partial charge in [0.25, 0.3) is 5.91 Å². The van der Waals surface area contributed by atoms with Crippen LogP contribution in [-0.2, 0) is 9.59 Å². The van der Waals surface area contributed by atoms with Gasteiger partial charge in [-0.2, -0.15) is 0 Å². The summed E-state index contributed by atoms with van der Waals surface area (Å²) in [5.41, 5.74) is 3.15. The van der Waals surface area contributed by atoms with Crippen molar-refractivity contribution in [3.8, 4) is 0 Å². The van der Waals surface area contributed by atoms with Crippen LogP contribution < -0.4 is 10.6 Å². The molecule has 28 heavy (non-hydrogen) atoms. The third kappa shape index (κ3) is 4.22. The molecule has 3 unspecified atom stereocenters. The Morgan fingerprint density at radius 1 is 1.11 bits per heavy atom. The van der Waals surface area contributed by atoms with Crippen LogP contribution in [0.4, 0.5) is 5.69 Å². The van der Waals surface area contributed by atoms with Crippen LogP contribution in [0.2, 0.25) is 0 Å². The van der Waals surface area contributed by atoms with E-state index in [2.05, 4.69) is 10.6 Å². The van der Waals surface area contributed by atoms with Crippen LogP contribution in [0.1, 0.15) is 46.4 Å². The van der Waals surface area contributed by atoms with Gasteiger partial charge in [-0.25, -0.2) is 4.79 Å². The molecule has 6 nitrogen and oxygen atoms in total. The molecular weight excluding hydrogens is 356 g/mol. The van der Waals surface area contributed by atoms with Gasteiger partial charge in [0.2, 0.25) is 5.91 Å². The molecule has 0 heterocycles. The van der Waals surface area contributed by atoms with E-state index in [4.69, 9.17) is 0 Å². The molecule has 2 aromatic carbocycles. The highest BCUT2D eigenvalue weighted by atomic mass is 16.4. The van der Waals surface area contributed by atoms with Crippen LogP contribution in [0.3, 0.4) is 0 Å². The number of nitrogens with one attached hydrogen (secondary N) is 2. The molecule has 0 bridgehead atoms. The van der Waals surface area contributed by atoms with E-state index in [9.17, 15) is 19.5 Å². The number of carboxylic acids is 1. The van der Waals surface area contributed by atoms with Crippen molar-refractivity contribution < 1.29 is 19.5 Å². The molecule has 0 radical (unpaired) electrons. The van der Waals surface area contributed by atoms with E-state index < -0.39 is 17.9 Å². The summed E-state index contributed by atoms with van der Waals surface area (Å²) in [7, 11) is 0. The van der Waals surface area contributed by atoms with E-state index in [1.54, 1.807) is 36.4 Å². The first-order chi connectivity index (χ1) is 13.3. The second kappa shape index (κ2) is 7.84. The maximum atomic E-state index is 12.7. The first-order valence-electron chi connectivity index (χ1n) is 9.28. The van der Waals surface area contributed by atoms with Gasteiger partial charge in [-0.05, 0) is 61.1 Å². The molecule has 3 N–H and O–H groups in total. The molecule has 2 aromatic rings. The zero-order chi connectivity index (χ0) is 20.4. The van der Waals surface area contributed by atoms with E-state index >= 15 is 0 Å². The van der Waals surface area contributed by atoms with Crippen molar-refractivity contribution in [3.63, 3.8) is 0 Å². The lowest BCUT2D eigenvalue weighted by molar-refractivity contribution is -0.139. The Kier molecular flexibility index (Phi) is 5.49. The number of carboxylic acid groups (broad SMARTS) is 1. The van der Waals surface area contributed by atoms with Gasteiger partial charge in [0.1, 0.15) is 0 Å². The van der Waals surface area contributed by atoms with Crippen LogP contribution in [0.5, 0.6) is 0 Å². The molecule has 0 spiro atoms. The molecule has 1 fully saturated rings. The lowest BCUT2D eigenvalue weighted by Gasteiger charge is -2.18. The molecule has 6 heteroatoms. The molecular formula is C22H24N2O4. The van der Waals surface area contributed by atoms with Gasteiger partial charge in [-0.3, -0.25) is 9.59 Å². The molecule has 146 valence electrons. The molecule has 3 atom stereocenters. The number of hydrogen-bond donors (Lipinski definition) is 3. The fourth-order valence-corrected chi connectivity index (χ4v) is 3.23. The van der Waals surface area contributed by atoms with E-state index in [1.165, 1.54) is 0 Å². The minimum atomic E-state index is -1.15. The number of benzene rings is 2. The van der Waals surface area contributed by atoms with Crippen LogP contribution in [0.15, 0.2) is 42.5 Å². The predicted molar refractivity (Wildman–Crippen MR) is 106 cm³/mol. The summed E-state index contributed by atoms with van der Waals surface area (Å²) in [5.74, 6) is -1.28. The van der Waals surface area contributed by atoms with Crippen molar-refractivity contribution in [1.82, 2.24) is 5.32 Å². The Labute approximate surface area is 164 Å². The van der Waals surface area contributed by atoms with Crippen LogP contribution in [0, 0.1) is 25.7 Å². The number of aliphatic carboxylic acids is 1. The fourth-order valence-electron chi connectivity index (χ4n) is 3.23. The molecule has 1 aliphatic carbocycles. The molecule has 0 saturated heterocycles. The summed E-state index contributed by atoms with van der Waals surface area (Å²) in [6.45, 7) is 5.75. The highest BCUT2D eigenvalue weighted by Crippen LogP contribution is 2.38. The van der Waals surface area contributed by atoms with Gasteiger partial charge in [-0.15, -0.1) is 0 Å². The van der Waals surface area contributed by atoms with Crippen molar-refractivity contribution >= 4 is 23.5 Å². The smallest absolute Gasteiger partial charge is 0.330 e. The summed E-state index contributed by atoms with van der Waals surface area (Å²) < 4.78 is 0. The Morgan fingerprint density at radius 2 is 1.79 bits per heavy atom. The molecule has 1 saturated carbocycles. The Morgan fingerprint density at radius 3 is 2.43 bits per heavy atom. The van der Waals surface area contributed by atoms with Crippen LogP contribution in [0.25, 0.3) is 0 Å². The predicted octanol–water partition coefficient (Wildman–Crippen LogP) is 3.45. The number of amides is 2. The molecule has 3 rings (SSSR count). The van der Waals surface area contributed by atoms with Gasteiger partial charge < -0.3 is 15.7 Å². The normalized spacial score (nSPS) is 18.8. The highest BCUT2D eigenvalue weighted by molar-refractivity contribution is 5.99. The minimum absolute atomic E-state index is 0.0261. The van der Waals surface area contributed by atoms with Gasteiger partial charge >= 0.3 is 5.97 Å². The lowest BCUT2D eigenvalue weighted by atomic mass is 9.97. The first kappa shape index (κ1) is 19.6. The summed E-state index contributed by atoms with van der Waals surface area (Å²) in [6, 6.07) is 10.7. The summed E-state index contributed by atoms with van der Waals surface area (Å²) >= 11 is 0. The zero-order valence-corrected chi connectivity index (χ0v) is 16.2. The summed E-state index contributed by atoms with van der Waals surface area (Å²) in [5, 5.41) is 15.0. The number of rotatable bonds is 6. The molecule has 0 aliphatic heterocycles. The third-order valence-corrected chi connectivity index (χ3v) is 5.32. The maximum Gasteiger partial charge on any atom is 0.330 e. The topological polar surface area (TPSA) is 95.5 Å². The highest BCUT2D eigenvalue weighted by Gasteiger charge is 2.39. The van der Waals surface area contributed by atoms with Crippen LogP contribution in [-0.4, -0.2) is 22.9 Å². The number of carbonyl (C=O) groups is 3. The SMILES string of the molecule is Cc1cccc(C(NC(=O)c2cccc(NC(=O)C3CC3C)c2)C(=O)O)c1C. The second-order valence-corrected chi connectivity index (χ2v) is 7.42. The minimum Gasteiger partial charge on any atom is -0.479 e. The largest absolute Gasteiger partial charge is 0.479 e. The number of carbonyl (C=O) groups excluding carboxylic acids is 2. The number of hydrogen-bond acceptors (Lipinski definition) is 3. The Hall–Kier alpha value is -3.15. The molecule has 2 amide bonds. The number of aryl methyl sites for hydroxylation is 1. The monoisotopic (exact) mass is 380 g/mol. The van der Waals surface area contributed by atoms with E-state index in [-0.39, 0.29) is 11.8 Å².